The molecule has 0 spiro atoms. The molecule has 23 heavy (non-hydrogen) atoms. The minimum Gasteiger partial charge on any atom is -0.744 e. The van der Waals surface area contributed by atoms with Gasteiger partial charge in [0, 0.05) is 4.90 Å². The van der Waals surface area contributed by atoms with Gasteiger partial charge in [-0.2, -0.15) is 4.33 Å². The van der Waals surface area contributed by atoms with Gasteiger partial charge in [0.15, 0.2) is 0 Å². The fourth-order valence-electron chi connectivity index (χ4n) is 2.08. The van der Waals surface area contributed by atoms with Crippen LogP contribution in [0.1, 0.15) is 25.3 Å². The Morgan fingerprint density at radius 2 is 1.78 bits per heavy atom. The first-order chi connectivity index (χ1) is 9.82. The Morgan fingerprint density at radius 1 is 1.13 bits per heavy atom. The molecule has 0 amide bonds. The van der Waals surface area contributed by atoms with Crippen molar-refractivity contribution < 1.29 is 86.7 Å². The summed E-state index contributed by atoms with van der Waals surface area (Å²) < 4.78 is 38.0. The van der Waals surface area contributed by atoms with Gasteiger partial charge >= 0.3 is 59.1 Å². The Morgan fingerprint density at radius 3 is 2.30 bits per heavy atom. The van der Waals surface area contributed by atoms with Crippen LogP contribution in [0.5, 0.6) is 0 Å². The quantitative estimate of drug-likeness (QED) is 0.173. The third kappa shape index (κ3) is 6.25. The summed E-state index contributed by atoms with van der Waals surface area (Å²) in [6, 6.07) is 7.83. The van der Waals surface area contributed by atoms with Gasteiger partial charge in [0.1, 0.15) is 10.1 Å². The van der Waals surface area contributed by atoms with Gasteiger partial charge in [-0.15, -0.1) is 0 Å². The van der Waals surface area contributed by atoms with Crippen molar-refractivity contribution in [3.8, 4) is 0 Å². The Kier molecular flexibility index (Phi) is 10.5. The molecule has 0 saturated heterocycles. The van der Waals surface area contributed by atoms with E-state index in [0.29, 0.717) is 22.3 Å². The van der Waals surface area contributed by atoms with Crippen LogP contribution in [-0.4, -0.2) is 13.0 Å². The van der Waals surface area contributed by atoms with E-state index >= 15 is 0 Å². The normalized spacial score (nSPS) is 11.2. The molecule has 0 unspecified atom stereocenters. The molecule has 0 fully saturated rings. The second-order valence-electron chi connectivity index (χ2n) is 4.72. The minimum atomic E-state index is -4.54. The van der Waals surface area contributed by atoms with Crippen molar-refractivity contribution in [2.75, 3.05) is 0 Å². The van der Waals surface area contributed by atoms with E-state index in [4.69, 9.17) is 0 Å². The molecule has 2 aromatic rings. The van der Waals surface area contributed by atoms with E-state index in [2.05, 4.69) is 9.37 Å². The van der Waals surface area contributed by atoms with Crippen LogP contribution in [0.15, 0.2) is 40.1 Å². The SMILES string of the molecule is CC(C)c1cc(S(=O)(=O)[O-])cc2cc(SOO[O-])ccc12.[Na+].[Na+]. The Labute approximate surface area is 183 Å². The van der Waals surface area contributed by atoms with Gasteiger partial charge in [-0.3, -0.25) is 5.04 Å². The number of benzene rings is 2. The molecule has 0 aliphatic heterocycles. The van der Waals surface area contributed by atoms with Crippen LogP contribution in [-0.2, 0) is 19.5 Å². The van der Waals surface area contributed by atoms with Crippen LogP contribution in [0.2, 0.25) is 0 Å². The summed E-state index contributed by atoms with van der Waals surface area (Å²) >= 11 is 0.701. The molecule has 0 atom stereocenters. The van der Waals surface area contributed by atoms with Gasteiger partial charge in [-0.25, -0.2) is 8.42 Å². The molecule has 114 valence electrons. The van der Waals surface area contributed by atoms with Crippen molar-refractivity contribution in [1.82, 2.24) is 0 Å². The topological polar surface area (TPSA) is 98.7 Å². The Hall–Kier alpha value is 0.840. The summed E-state index contributed by atoms with van der Waals surface area (Å²) in [5.74, 6) is 0.0499. The molecule has 0 bridgehead atoms. The van der Waals surface area contributed by atoms with Crippen molar-refractivity contribution >= 4 is 32.9 Å². The molecule has 0 aromatic heterocycles. The molecule has 0 N–H and O–H groups in total. The van der Waals surface area contributed by atoms with E-state index in [9.17, 15) is 18.2 Å². The standard InChI is InChI=1S/C13H14O6S2.2Na/c1-8(2)13-7-11(21(15,16)17)6-9-5-10(20-19-18-14)3-4-12(9)13;;/h3-8,14H,1-2H3,(H,15,16,17);;/q;2*+1/p-2. The summed E-state index contributed by atoms with van der Waals surface area (Å²) in [5.41, 5.74) is 0.763. The first kappa shape index (κ1) is 23.8. The fraction of sp³-hybridized carbons (Fsp3) is 0.231. The summed E-state index contributed by atoms with van der Waals surface area (Å²) in [6.07, 6.45) is 0. The zero-order chi connectivity index (χ0) is 15.6. The van der Waals surface area contributed by atoms with E-state index in [0.717, 1.165) is 10.9 Å². The maximum absolute atomic E-state index is 11.3. The number of hydrogen-bond donors (Lipinski definition) is 0. The van der Waals surface area contributed by atoms with Crippen molar-refractivity contribution in [2.45, 2.75) is 29.6 Å². The molecule has 2 rings (SSSR count). The molecule has 0 radical (unpaired) electrons. The largest absolute Gasteiger partial charge is 1.00 e. The third-order valence-electron chi connectivity index (χ3n) is 3.00. The fourth-order valence-corrected chi connectivity index (χ4v) is 3.02. The Balaban J connectivity index is 0.00000242. The second-order valence-corrected chi connectivity index (χ2v) is 6.88. The first-order valence-electron chi connectivity index (χ1n) is 5.99. The third-order valence-corrected chi connectivity index (χ3v) is 4.38. The molecule has 10 heteroatoms. The molecule has 0 saturated carbocycles. The minimum absolute atomic E-state index is 0. The molecular weight excluding hydrogens is 362 g/mol. The average Bonchev–Trinajstić information content (AvgIpc) is 2.42. The number of fused-ring (bicyclic) bond motifs is 1. The maximum Gasteiger partial charge on any atom is 1.00 e. The van der Waals surface area contributed by atoms with Gasteiger partial charge in [0.2, 0.25) is 0 Å². The van der Waals surface area contributed by atoms with Crippen LogP contribution in [0.3, 0.4) is 0 Å². The van der Waals surface area contributed by atoms with E-state index in [-0.39, 0.29) is 69.9 Å². The molecule has 2 aromatic carbocycles. The molecule has 0 aliphatic carbocycles. The summed E-state index contributed by atoms with van der Waals surface area (Å²) in [7, 11) is -4.54. The van der Waals surface area contributed by atoms with Gasteiger partial charge in [-0.05, 0) is 46.5 Å². The van der Waals surface area contributed by atoms with E-state index in [1.54, 1.807) is 18.2 Å². The van der Waals surface area contributed by atoms with Crippen molar-refractivity contribution in [1.29, 1.82) is 0 Å². The van der Waals surface area contributed by atoms with E-state index in [1.165, 1.54) is 12.1 Å². The second kappa shape index (κ2) is 10.1. The van der Waals surface area contributed by atoms with Gasteiger partial charge in [0.25, 0.3) is 0 Å². The van der Waals surface area contributed by atoms with Crippen molar-refractivity contribution in [3.63, 3.8) is 0 Å². The molecular formula is C13H12Na2O6S2. The summed E-state index contributed by atoms with van der Waals surface area (Å²) in [5, 5.41) is 14.5. The zero-order valence-corrected chi connectivity index (χ0v) is 18.9. The van der Waals surface area contributed by atoms with E-state index in [1.807, 2.05) is 13.8 Å². The Bertz CT molecular complexity index is 764. The maximum atomic E-state index is 11.3. The van der Waals surface area contributed by atoms with Crippen LogP contribution < -0.4 is 64.4 Å². The van der Waals surface area contributed by atoms with Crippen LogP contribution in [0.25, 0.3) is 10.8 Å². The van der Waals surface area contributed by atoms with Gasteiger partial charge < -0.3 is 9.81 Å². The average molecular weight is 374 g/mol. The summed E-state index contributed by atoms with van der Waals surface area (Å²) in [4.78, 5) is 0.273. The molecule has 0 aliphatic rings. The predicted molar refractivity (Wildman–Crippen MR) is 74.0 cm³/mol. The van der Waals surface area contributed by atoms with E-state index < -0.39 is 10.1 Å². The molecule has 6 nitrogen and oxygen atoms in total. The molecule has 0 heterocycles. The predicted octanol–water partition coefficient (Wildman–Crippen LogP) is -3.89. The zero-order valence-electron chi connectivity index (χ0n) is 13.2. The van der Waals surface area contributed by atoms with Gasteiger partial charge in [0.05, 0.1) is 16.9 Å². The van der Waals surface area contributed by atoms with Crippen molar-refractivity contribution in [2.24, 2.45) is 0 Å². The smallest absolute Gasteiger partial charge is 0.744 e. The van der Waals surface area contributed by atoms with Gasteiger partial charge in [-0.1, -0.05) is 19.9 Å². The monoisotopic (exact) mass is 374 g/mol. The first-order valence-corrected chi connectivity index (χ1v) is 8.14. The van der Waals surface area contributed by atoms with Crippen molar-refractivity contribution in [3.05, 3.63) is 35.9 Å². The summed E-state index contributed by atoms with van der Waals surface area (Å²) in [6.45, 7) is 3.82. The number of hydrogen-bond acceptors (Lipinski definition) is 7. The number of rotatable bonds is 5. The van der Waals surface area contributed by atoms with Crippen LogP contribution in [0.4, 0.5) is 0 Å². The van der Waals surface area contributed by atoms with Crippen LogP contribution >= 0.6 is 12.0 Å². The van der Waals surface area contributed by atoms with Crippen LogP contribution in [0, 0.1) is 0 Å².